The van der Waals surface area contributed by atoms with E-state index in [9.17, 15) is 13.2 Å². The fourth-order valence-electron chi connectivity index (χ4n) is 2.73. The van der Waals surface area contributed by atoms with E-state index in [0.717, 1.165) is 23.0 Å². The lowest BCUT2D eigenvalue weighted by molar-refractivity contribution is -0.137. The van der Waals surface area contributed by atoms with Crippen molar-refractivity contribution >= 4 is 33.0 Å². The third-order valence-electron chi connectivity index (χ3n) is 3.76. The molecule has 0 aliphatic heterocycles. The van der Waals surface area contributed by atoms with Crippen LogP contribution in [0.2, 0.25) is 0 Å². The molecule has 0 aliphatic rings. The first kappa shape index (κ1) is 13.1. The van der Waals surface area contributed by atoms with Crippen molar-refractivity contribution in [2.75, 3.05) is 7.11 Å². The molecule has 0 fully saturated rings. The van der Waals surface area contributed by atoms with Crippen LogP contribution in [0.15, 0.2) is 40.8 Å². The maximum absolute atomic E-state index is 12.8. The van der Waals surface area contributed by atoms with Gasteiger partial charge < -0.3 is 14.1 Å². The van der Waals surface area contributed by atoms with E-state index in [-0.39, 0.29) is 5.58 Å². The Morgan fingerprint density at radius 2 is 1.86 bits per heavy atom. The zero-order chi connectivity index (χ0) is 15.5. The van der Waals surface area contributed by atoms with E-state index in [1.165, 1.54) is 6.07 Å². The van der Waals surface area contributed by atoms with Gasteiger partial charge in [-0.25, -0.2) is 0 Å². The Morgan fingerprint density at radius 1 is 1.05 bits per heavy atom. The Balaban J connectivity index is 2.07. The van der Waals surface area contributed by atoms with Gasteiger partial charge >= 0.3 is 6.18 Å². The van der Waals surface area contributed by atoms with Gasteiger partial charge in [0, 0.05) is 10.8 Å². The molecule has 0 saturated carbocycles. The summed E-state index contributed by atoms with van der Waals surface area (Å²) in [6.45, 7) is 0. The molecule has 2 aromatic carbocycles. The molecule has 0 spiro atoms. The Morgan fingerprint density at radius 3 is 2.59 bits per heavy atom. The highest BCUT2D eigenvalue weighted by molar-refractivity contribution is 6.15. The lowest BCUT2D eigenvalue weighted by atomic mass is 10.1. The van der Waals surface area contributed by atoms with Crippen molar-refractivity contribution < 1.29 is 22.3 Å². The summed E-state index contributed by atoms with van der Waals surface area (Å²) >= 11 is 0. The second kappa shape index (κ2) is 4.19. The number of H-pyrrole nitrogens is 1. The van der Waals surface area contributed by atoms with E-state index in [1.54, 1.807) is 7.11 Å². The number of aromatic amines is 1. The predicted molar refractivity (Wildman–Crippen MR) is 77.1 cm³/mol. The van der Waals surface area contributed by atoms with Gasteiger partial charge in [0.1, 0.15) is 11.3 Å². The molecule has 0 amide bonds. The fourth-order valence-corrected chi connectivity index (χ4v) is 2.73. The number of methoxy groups -OCH3 is 1. The van der Waals surface area contributed by atoms with Gasteiger partial charge in [-0.1, -0.05) is 6.07 Å². The van der Waals surface area contributed by atoms with E-state index in [1.807, 2.05) is 18.2 Å². The molecule has 0 radical (unpaired) electrons. The Labute approximate surface area is 122 Å². The van der Waals surface area contributed by atoms with Crippen LogP contribution in [0.4, 0.5) is 13.2 Å². The topological polar surface area (TPSA) is 38.2 Å². The molecule has 3 nitrogen and oxygen atoms in total. The SMILES string of the molecule is COc1cccc2c1[nH]c1c3ccc(C(F)(F)F)cc3oc21. The summed E-state index contributed by atoms with van der Waals surface area (Å²) < 4.78 is 49.3. The predicted octanol–water partition coefficient (Wildman–Crippen LogP) is 5.09. The van der Waals surface area contributed by atoms with Crippen LogP contribution in [0.1, 0.15) is 5.56 Å². The summed E-state index contributed by atoms with van der Waals surface area (Å²) in [5.41, 5.74) is 1.45. The molecule has 1 N–H and O–H groups in total. The van der Waals surface area contributed by atoms with Crippen molar-refractivity contribution in [3.05, 3.63) is 42.0 Å². The lowest BCUT2D eigenvalue weighted by Crippen LogP contribution is -2.03. The van der Waals surface area contributed by atoms with Crippen molar-refractivity contribution in [1.82, 2.24) is 4.98 Å². The van der Waals surface area contributed by atoms with Crippen molar-refractivity contribution in [3.63, 3.8) is 0 Å². The first-order valence-electron chi connectivity index (χ1n) is 6.57. The fraction of sp³-hybridized carbons (Fsp3) is 0.125. The summed E-state index contributed by atoms with van der Waals surface area (Å²) in [6.07, 6.45) is -4.39. The van der Waals surface area contributed by atoms with Crippen molar-refractivity contribution in [3.8, 4) is 5.75 Å². The Hall–Kier alpha value is -2.63. The summed E-state index contributed by atoms with van der Waals surface area (Å²) in [5.74, 6) is 0.656. The van der Waals surface area contributed by atoms with Gasteiger partial charge in [0.05, 0.1) is 23.7 Å². The van der Waals surface area contributed by atoms with Crippen LogP contribution in [-0.2, 0) is 6.18 Å². The van der Waals surface area contributed by atoms with E-state index in [0.29, 0.717) is 22.2 Å². The number of fused-ring (bicyclic) bond motifs is 5. The van der Waals surface area contributed by atoms with Crippen LogP contribution in [0.5, 0.6) is 5.75 Å². The highest BCUT2D eigenvalue weighted by Crippen LogP contribution is 2.39. The van der Waals surface area contributed by atoms with Gasteiger partial charge in [0.15, 0.2) is 5.58 Å². The van der Waals surface area contributed by atoms with E-state index in [4.69, 9.17) is 9.15 Å². The average molecular weight is 305 g/mol. The third kappa shape index (κ3) is 1.70. The van der Waals surface area contributed by atoms with Crippen molar-refractivity contribution in [2.24, 2.45) is 0 Å². The number of halogens is 3. The smallest absolute Gasteiger partial charge is 0.416 e. The molecule has 22 heavy (non-hydrogen) atoms. The van der Waals surface area contributed by atoms with Crippen LogP contribution in [0.3, 0.4) is 0 Å². The van der Waals surface area contributed by atoms with Gasteiger partial charge in [-0.3, -0.25) is 0 Å². The minimum absolute atomic E-state index is 0.209. The molecular weight excluding hydrogens is 295 g/mol. The number of rotatable bonds is 1. The van der Waals surface area contributed by atoms with E-state index in [2.05, 4.69) is 4.98 Å². The van der Waals surface area contributed by atoms with E-state index < -0.39 is 11.7 Å². The zero-order valence-electron chi connectivity index (χ0n) is 11.4. The molecule has 2 heterocycles. The normalized spacial score (nSPS) is 12.5. The molecule has 0 saturated heterocycles. The molecule has 0 atom stereocenters. The number of alkyl halides is 3. The molecule has 0 aliphatic carbocycles. The zero-order valence-corrected chi connectivity index (χ0v) is 11.4. The molecular formula is C16H10F3NO2. The summed E-state index contributed by atoms with van der Waals surface area (Å²) in [7, 11) is 1.56. The average Bonchev–Trinajstić information content (AvgIpc) is 3.01. The van der Waals surface area contributed by atoms with Crippen LogP contribution in [-0.4, -0.2) is 12.1 Å². The quantitative estimate of drug-likeness (QED) is 0.531. The summed E-state index contributed by atoms with van der Waals surface area (Å²) in [5, 5.41) is 1.39. The lowest BCUT2D eigenvalue weighted by Gasteiger charge is -2.05. The van der Waals surface area contributed by atoms with Crippen LogP contribution in [0, 0.1) is 0 Å². The highest BCUT2D eigenvalue weighted by atomic mass is 19.4. The van der Waals surface area contributed by atoms with Gasteiger partial charge in [0.2, 0.25) is 0 Å². The number of ether oxygens (including phenoxy) is 1. The standard InChI is InChI=1S/C16H10F3NO2/c1-21-11-4-2-3-10-13(11)20-14-9-6-5-8(16(17,18)19)7-12(9)22-15(10)14/h2-7,20H,1H3. The number of aromatic nitrogens is 1. The van der Waals surface area contributed by atoms with E-state index >= 15 is 0 Å². The molecule has 2 aromatic heterocycles. The second-order valence-corrected chi connectivity index (χ2v) is 5.02. The summed E-state index contributed by atoms with van der Waals surface area (Å²) in [6, 6.07) is 8.95. The summed E-state index contributed by atoms with van der Waals surface area (Å²) in [4.78, 5) is 3.18. The minimum Gasteiger partial charge on any atom is -0.495 e. The van der Waals surface area contributed by atoms with Gasteiger partial charge in [-0.2, -0.15) is 13.2 Å². The first-order valence-corrected chi connectivity index (χ1v) is 6.57. The number of hydrogen-bond acceptors (Lipinski definition) is 2. The van der Waals surface area contributed by atoms with Gasteiger partial charge in [-0.15, -0.1) is 0 Å². The number of hydrogen-bond donors (Lipinski definition) is 1. The molecule has 0 unspecified atom stereocenters. The minimum atomic E-state index is -4.39. The van der Waals surface area contributed by atoms with Crippen molar-refractivity contribution in [2.45, 2.75) is 6.18 Å². The van der Waals surface area contributed by atoms with Crippen LogP contribution >= 0.6 is 0 Å². The first-order chi connectivity index (χ1) is 10.5. The van der Waals surface area contributed by atoms with Crippen LogP contribution in [0.25, 0.3) is 33.0 Å². The second-order valence-electron chi connectivity index (χ2n) is 5.02. The Kier molecular flexibility index (Phi) is 2.49. The maximum atomic E-state index is 12.8. The number of para-hydroxylation sites is 1. The van der Waals surface area contributed by atoms with Crippen LogP contribution < -0.4 is 4.74 Å². The monoisotopic (exact) mass is 305 g/mol. The van der Waals surface area contributed by atoms with Gasteiger partial charge in [0.25, 0.3) is 0 Å². The number of benzene rings is 2. The molecule has 4 rings (SSSR count). The molecule has 112 valence electrons. The number of nitrogens with one attached hydrogen (secondary N) is 1. The molecule has 0 bridgehead atoms. The number of furan rings is 1. The third-order valence-corrected chi connectivity index (χ3v) is 3.76. The Bertz CT molecular complexity index is 1010. The maximum Gasteiger partial charge on any atom is 0.416 e. The molecule has 4 aromatic rings. The van der Waals surface area contributed by atoms with Crippen molar-refractivity contribution in [1.29, 1.82) is 0 Å². The largest absolute Gasteiger partial charge is 0.495 e. The highest BCUT2D eigenvalue weighted by Gasteiger charge is 2.31. The molecule has 6 heteroatoms. The van der Waals surface area contributed by atoms with Gasteiger partial charge in [-0.05, 0) is 30.3 Å².